The van der Waals surface area contributed by atoms with Crippen molar-refractivity contribution in [2.45, 2.75) is 32.9 Å². The Labute approximate surface area is 154 Å². The van der Waals surface area contributed by atoms with Gasteiger partial charge in [0.2, 0.25) is 0 Å². The van der Waals surface area contributed by atoms with Gasteiger partial charge in [-0.2, -0.15) is 5.10 Å². The second-order valence-electron chi connectivity index (χ2n) is 6.73. The highest BCUT2D eigenvalue weighted by atomic mass is 16.5. The number of rotatable bonds is 7. The smallest absolute Gasteiger partial charge is 0.131 e. The fourth-order valence-electron chi connectivity index (χ4n) is 2.76. The molecule has 3 aromatic rings. The molecule has 0 saturated carbocycles. The number of benzene rings is 1. The van der Waals surface area contributed by atoms with Crippen LogP contribution in [0.5, 0.6) is 5.75 Å². The van der Waals surface area contributed by atoms with Gasteiger partial charge in [0.1, 0.15) is 11.6 Å². The van der Waals surface area contributed by atoms with Crippen LogP contribution in [-0.2, 0) is 13.1 Å². The molecule has 0 N–H and O–H groups in total. The fourth-order valence-corrected chi connectivity index (χ4v) is 2.76. The molecule has 1 aromatic carbocycles. The van der Waals surface area contributed by atoms with Crippen molar-refractivity contribution in [3.63, 3.8) is 0 Å². The molecule has 0 spiro atoms. The Morgan fingerprint density at radius 1 is 1.19 bits per heavy atom. The van der Waals surface area contributed by atoms with E-state index in [9.17, 15) is 0 Å². The predicted octanol–water partition coefficient (Wildman–Crippen LogP) is 3.43. The first-order valence-corrected chi connectivity index (χ1v) is 8.73. The first-order valence-electron chi connectivity index (χ1n) is 8.73. The molecule has 0 bridgehead atoms. The van der Waals surface area contributed by atoms with Gasteiger partial charge in [-0.25, -0.2) is 14.6 Å². The van der Waals surface area contributed by atoms with Gasteiger partial charge in [0.25, 0.3) is 0 Å². The monoisotopic (exact) mass is 351 g/mol. The largest absolute Gasteiger partial charge is 0.497 e. The van der Waals surface area contributed by atoms with E-state index >= 15 is 0 Å². The van der Waals surface area contributed by atoms with E-state index < -0.39 is 0 Å². The molecule has 0 amide bonds. The molecule has 2 heterocycles. The molecule has 26 heavy (non-hydrogen) atoms. The third-order valence-electron chi connectivity index (χ3n) is 4.09. The summed E-state index contributed by atoms with van der Waals surface area (Å²) in [6.07, 6.45) is 5.78. The lowest BCUT2D eigenvalue weighted by Crippen LogP contribution is -2.18. The van der Waals surface area contributed by atoms with Crippen molar-refractivity contribution < 1.29 is 4.74 Å². The molecule has 2 aromatic heterocycles. The van der Waals surface area contributed by atoms with E-state index in [0.717, 1.165) is 41.6 Å². The molecule has 0 fully saturated rings. The summed E-state index contributed by atoms with van der Waals surface area (Å²) < 4.78 is 7.15. The molecule has 0 saturated heterocycles. The first-order chi connectivity index (χ1) is 12.5. The van der Waals surface area contributed by atoms with E-state index in [1.54, 1.807) is 7.11 Å². The summed E-state index contributed by atoms with van der Waals surface area (Å²) in [5.74, 6) is 2.05. The van der Waals surface area contributed by atoms with Crippen LogP contribution in [0.4, 0.5) is 0 Å². The van der Waals surface area contributed by atoms with E-state index in [2.05, 4.69) is 40.9 Å². The van der Waals surface area contributed by atoms with Gasteiger partial charge in [-0.15, -0.1) is 0 Å². The maximum Gasteiger partial charge on any atom is 0.131 e. The highest BCUT2D eigenvalue weighted by Crippen LogP contribution is 2.17. The maximum absolute atomic E-state index is 5.28. The second kappa shape index (κ2) is 8.10. The molecule has 0 radical (unpaired) electrons. The highest BCUT2D eigenvalue weighted by molar-refractivity contribution is 5.38. The van der Waals surface area contributed by atoms with E-state index in [1.807, 2.05) is 53.6 Å². The van der Waals surface area contributed by atoms with Crippen molar-refractivity contribution >= 4 is 0 Å². The third kappa shape index (κ3) is 4.46. The van der Waals surface area contributed by atoms with Gasteiger partial charge >= 0.3 is 0 Å². The molecule has 6 heteroatoms. The number of nitrogens with zero attached hydrogens (tertiary/aromatic N) is 5. The van der Waals surface area contributed by atoms with E-state index in [1.165, 1.54) is 0 Å². The zero-order valence-electron chi connectivity index (χ0n) is 15.8. The quantitative estimate of drug-likeness (QED) is 0.653. The van der Waals surface area contributed by atoms with E-state index in [-0.39, 0.29) is 0 Å². The topological polar surface area (TPSA) is 56.1 Å². The molecule has 0 aliphatic rings. The summed E-state index contributed by atoms with van der Waals surface area (Å²) in [5, 5.41) is 4.47. The first kappa shape index (κ1) is 18.1. The molecule has 6 nitrogen and oxygen atoms in total. The van der Waals surface area contributed by atoms with Crippen LogP contribution in [0.15, 0.2) is 48.9 Å². The zero-order valence-corrected chi connectivity index (χ0v) is 15.8. The molecule has 0 aliphatic carbocycles. The third-order valence-corrected chi connectivity index (χ3v) is 4.09. The Morgan fingerprint density at radius 2 is 2.04 bits per heavy atom. The van der Waals surface area contributed by atoms with Crippen molar-refractivity contribution in [3.8, 4) is 11.4 Å². The van der Waals surface area contributed by atoms with Crippen molar-refractivity contribution in [2.24, 2.45) is 0 Å². The van der Waals surface area contributed by atoms with Crippen LogP contribution in [0.1, 0.15) is 36.8 Å². The lowest BCUT2D eigenvalue weighted by atomic mass is 10.2. The van der Waals surface area contributed by atoms with Gasteiger partial charge < -0.3 is 4.74 Å². The van der Waals surface area contributed by atoms with Crippen LogP contribution in [0, 0.1) is 0 Å². The normalized spacial score (nSPS) is 11.3. The van der Waals surface area contributed by atoms with Crippen LogP contribution in [-0.4, -0.2) is 38.8 Å². The Kier molecular flexibility index (Phi) is 5.63. The minimum Gasteiger partial charge on any atom is -0.497 e. The van der Waals surface area contributed by atoms with Crippen molar-refractivity contribution in [3.05, 3.63) is 66.0 Å². The van der Waals surface area contributed by atoms with Crippen molar-refractivity contribution in [1.82, 2.24) is 24.6 Å². The SMILES string of the molecule is COc1cccc(-n2cc(CN(C)Cc3ccnc(C(C)C)n3)cn2)c1. The molecule has 0 atom stereocenters. The predicted molar refractivity (Wildman–Crippen MR) is 101 cm³/mol. The van der Waals surface area contributed by atoms with Gasteiger partial charge in [0.05, 0.1) is 24.7 Å². The van der Waals surface area contributed by atoms with Crippen LogP contribution in [0.25, 0.3) is 5.69 Å². The minimum absolute atomic E-state index is 0.335. The summed E-state index contributed by atoms with van der Waals surface area (Å²) in [6, 6.07) is 9.84. The summed E-state index contributed by atoms with van der Waals surface area (Å²) in [5.41, 5.74) is 3.16. The van der Waals surface area contributed by atoms with Gasteiger partial charge in [-0.3, -0.25) is 4.90 Å². The molecule has 3 rings (SSSR count). The number of hydrogen-bond acceptors (Lipinski definition) is 5. The number of aromatic nitrogens is 4. The Bertz CT molecular complexity index is 859. The van der Waals surface area contributed by atoms with Crippen LogP contribution >= 0.6 is 0 Å². The zero-order chi connectivity index (χ0) is 18.5. The van der Waals surface area contributed by atoms with Crippen LogP contribution in [0.3, 0.4) is 0 Å². The standard InChI is InChI=1S/C20H25N5O/c1-15(2)20-21-9-8-17(23-20)14-24(3)12-16-11-22-25(13-16)18-6-5-7-19(10-18)26-4/h5-11,13,15H,12,14H2,1-4H3. The molecular formula is C20H25N5O. The van der Waals surface area contributed by atoms with Gasteiger partial charge in [-0.05, 0) is 25.2 Å². The summed E-state index contributed by atoms with van der Waals surface area (Å²) in [6.45, 7) is 5.78. The minimum atomic E-state index is 0.335. The average Bonchev–Trinajstić information content (AvgIpc) is 3.10. The Morgan fingerprint density at radius 3 is 2.81 bits per heavy atom. The van der Waals surface area contributed by atoms with Crippen molar-refractivity contribution in [2.75, 3.05) is 14.2 Å². The summed E-state index contributed by atoms with van der Waals surface area (Å²) in [7, 11) is 3.75. The summed E-state index contributed by atoms with van der Waals surface area (Å²) in [4.78, 5) is 11.2. The lowest BCUT2D eigenvalue weighted by molar-refractivity contribution is 0.314. The van der Waals surface area contributed by atoms with Crippen LogP contribution < -0.4 is 4.74 Å². The molecule has 136 valence electrons. The second-order valence-corrected chi connectivity index (χ2v) is 6.73. The fraction of sp³-hybridized carbons (Fsp3) is 0.350. The van der Waals surface area contributed by atoms with Gasteiger partial charge in [-0.1, -0.05) is 19.9 Å². The van der Waals surface area contributed by atoms with Gasteiger partial charge in [0, 0.05) is 43.0 Å². The molecule has 0 unspecified atom stereocenters. The van der Waals surface area contributed by atoms with E-state index in [4.69, 9.17) is 4.74 Å². The van der Waals surface area contributed by atoms with Crippen LogP contribution in [0.2, 0.25) is 0 Å². The molecule has 0 aliphatic heterocycles. The number of hydrogen-bond donors (Lipinski definition) is 0. The maximum atomic E-state index is 5.28. The van der Waals surface area contributed by atoms with Crippen molar-refractivity contribution in [1.29, 1.82) is 0 Å². The molecular weight excluding hydrogens is 326 g/mol. The number of methoxy groups -OCH3 is 1. The summed E-state index contributed by atoms with van der Waals surface area (Å²) >= 11 is 0. The average molecular weight is 351 g/mol. The Hall–Kier alpha value is -2.73. The lowest BCUT2D eigenvalue weighted by Gasteiger charge is -2.15. The van der Waals surface area contributed by atoms with Gasteiger partial charge in [0.15, 0.2) is 0 Å². The van der Waals surface area contributed by atoms with E-state index in [0.29, 0.717) is 5.92 Å². The Balaban J connectivity index is 1.66. The number of ether oxygens (including phenoxy) is 1. The highest BCUT2D eigenvalue weighted by Gasteiger charge is 2.09.